The van der Waals surface area contributed by atoms with Crippen molar-refractivity contribution in [2.24, 2.45) is 5.92 Å². The van der Waals surface area contributed by atoms with Crippen LogP contribution in [0, 0.1) is 5.92 Å². The zero-order valence-corrected chi connectivity index (χ0v) is 15.8. The van der Waals surface area contributed by atoms with E-state index in [-0.39, 0.29) is 11.9 Å². The summed E-state index contributed by atoms with van der Waals surface area (Å²) in [5.74, 6) is 0.600. The molecule has 134 valence electrons. The minimum Gasteiger partial charge on any atom is -0.496 e. The molecule has 0 radical (unpaired) electrons. The maximum Gasteiger partial charge on any atom is 0.308 e. The van der Waals surface area contributed by atoms with Gasteiger partial charge in [-0.25, -0.2) is 0 Å². The van der Waals surface area contributed by atoms with E-state index in [2.05, 4.69) is 41.0 Å². The van der Waals surface area contributed by atoms with E-state index in [4.69, 9.17) is 9.47 Å². The van der Waals surface area contributed by atoms with Crippen LogP contribution in [0.25, 0.3) is 12.2 Å². The Morgan fingerprint density at radius 2 is 2.12 bits per heavy atom. The molecule has 1 aromatic heterocycles. The van der Waals surface area contributed by atoms with Gasteiger partial charge in [0.25, 0.3) is 0 Å². The van der Waals surface area contributed by atoms with Gasteiger partial charge in [0, 0.05) is 23.5 Å². The second-order valence-corrected chi connectivity index (χ2v) is 6.90. The van der Waals surface area contributed by atoms with Gasteiger partial charge in [0.05, 0.1) is 13.0 Å². The van der Waals surface area contributed by atoms with E-state index >= 15 is 0 Å². The number of ether oxygens (including phenoxy) is 2. The van der Waals surface area contributed by atoms with Crippen LogP contribution in [-0.4, -0.2) is 26.2 Å². The van der Waals surface area contributed by atoms with Gasteiger partial charge in [-0.05, 0) is 35.2 Å². The SMILES string of the molecule is COc1cc(CNCCOC(=O)C(C)C)ccc1C=Cc1cccs1. The molecule has 2 aromatic rings. The van der Waals surface area contributed by atoms with Gasteiger partial charge in [0.15, 0.2) is 0 Å². The third-order valence-electron chi connectivity index (χ3n) is 3.59. The standard InChI is InChI=1S/C20H25NO3S/c1-15(2)20(22)24-11-10-21-14-16-6-7-17(19(13-16)23-3)8-9-18-5-4-12-25-18/h4-9,12-13,15,21H,10-11,14H2,1-3H3. The van der Waals surface area contributed by atoms with Gasteiger partial charge in [0.1, 0.15) is 12.4 Å². The molecule has 0 unspecified atom stereocenters. The van der Waals surface area contributed by atoms with Gasteiger partial charge in [-0.15, -0.1) is 11.3 Å². The van der Waals surface area contributed by atoms with Crippen molar-refractivity contribution < 1.29 is 14.3 Å². The van der Waals surface area contributed by atoms with Crippen LogP contribution in [0.2, 0.25) is 0 Å². The van der Waals surface area contributed by atoms with E-state index < -0.39 is 0 Å². The Kier molecular flexibility index (Phi) is 7.70. The highest BCUT2D eigenvalue weighted by molar-refractivity contribution is 7.10. The van der Waals surface area contributed by atoms with Crippen LogP contribution < -0.4 is 10.1 Å². The summed E-state index contributed by atoms with van der Waals surface area (Å²) in [6, 6.07) is 10.3. The lowest BCUT2D eigenvalue weighted by molar-refractivity contribution is -0.147. The Morgan fingerprint density at radius 1 is 1.28 bits per heavy atom. The summed E-state index contributed by atoms with van der Waals surface area (Å²) in [5, 5.41) is 5.33. The summed E-state index contributed by atoms with van der Waals surface area (Å²) in [4.78, 5) is 12.6. The van der Waals surface area contributed by atoms with E-state index in [9.17, 15) is 4.79 Å². The number of esters is 1. The number of thiophene rings is 1. The number of nitrogens with one attached hydrogen (secondary N) is 1. The summed E-state index contributed by atoms with van der Waals surface area (Å²) >= 11 is 1.70. The summed E-state index contributed by atoms with van der Waals surface area (Å²) in [6.45, 7) is 5.37. The number of rotatable bonds is 9. The van der Waals surface area contributed by atoms with Crippen molar-refractivity contribution in [2.75, 3.05) is 20.3 Å². The molecule has 5 heteroatoms. The van der Waals surface area contributed by atoms with E-state index in [1.54, 1.807) is 18.4 Å². The van der Waals surface area contributed by atoms with Gasteiger partial charge in [-0.2, -0.15) is 0 Å². The normalized spacial score (nSPS) is 11.2. The third kappa shape index (κ3) is 6.36. The zero-order valence-electron chi connectivity index (χ0n) is 15.0. The molecule has 0 aliphatic carbocycles. The molecule has 0 spiro atoms. The number of hydrogen-bond acceptors (Lipinski definition) is 5. The fourth-order valence-electron chi connectivity index (χ4n) is 2.18. The highest BCUT2D eigenvalue weighted by Crippen LogP contribution is 2.23. The quantitative estimate of drug-likeness (QED) is 0.538. The first kappa shape index (κ1) is 19.2. The number of benzene rings is 1. The predicted octanol–water partition coefficient (Wildman–Crippen LogP) is 4.22. The molecular formula is C20H25NO3S. The minimum absolute atomic E-state index is 0.0842. The molecule has 0 bridgehead atoms. The number of methoxy groups -OCH3 is 1. The van der Waals surface area contributed by atoms with E-state index in [1.807, 2.05) is 26.0 Å². The van der Waals surface area contributed by atoms with E-state index in [1.165, 1.54) is 4.88 Å². The zero-order chi connectivity index (χ0) is 18.1. The highest BCUT2D eigenvalue weighted by Gasteiger charge is 2.07. The second-order valence-electron chi connectivity index (χ2n) is 5.92. The Hall–Kier alpha value is -2.11. The molecule has 25 heavy (non-hydrogen) atoms. The Bertz CT molecular complexity index is 693. The Morgan fingerprint density at radius 3 is 2.80 bits per heavy atom. The van der Waals surface area contributed by atoms with Crippen molar-refractivity contribution in [3.63, 3.8) is 0 Å². The molecule has 1 aromatic carbocycles. The molecule has 0 aliphatic heterocycles. The van der Waals surface area contributed by atoms with Crippen LogP contribution >= 0.6 is 11.3 Å². The number of hydrogen-bond donors (Lipinski definition) is 1. The fraction of sp³-hybridized carbons (Fsp3) is 0.350. The average Bonchev–Trinajstić information content (AvgIpc) is 3.13. The fourth-order valence-corrected chi connectivity index (χ4v) is 2.80. The highest BCUT2D eigenvalue weighted by atomic mass is 32.1. The molecular weight excluding hydrogens is 334 g/mol. The minimum atomic E-state index is -0.162. The first-order chi connectivity index (χ1) is 12.1. The molecule has 0 amide bonds. The summed E-state index contributed by atoms with van der Waals surface area (Å²) < 4.78 is 10.6. The molecule has 0 saturated heterocycles. The lowest BCUT2D eigenvalue weighted by Crippen LogP contribution is -2.22. The summed E-state index contributed by atoms with van der Waals surface area (Å²) in [6.07, 6.45) is 4.15. The van der Waals surface area contributed by atoms with Gasteiger partial charge in [-0.1, -0.05) is 32.0 Å². The maximum absolute atomic E-state index is 11.4. The average molecular weight is 359 g/mol. The largest absolute Gasteiger partial charge is 0.496 e. The second kappa shape index (κ2) is 10.0. The Labute approximate surface area is 153 Å². The van der Waals surface area contributed by atoms with Gasteiger partial charge in [-0.3, -0.25) is 4.79 Å². The van der Waals surface area contributed by atoms with Gasteiger partial charge in [0.2, 0.25) is 0 Å². The predicted molar refractivity (Wildman–Crippen MR) is 104 cm³/mol. The molecule has 4 nitrogen and oxygen atoms in total. The summed E-state index contributed by atoms with van der Waals surface area (Å²) in [7, 11) is 1.68. The molecule has 0 fully saturated rings. The number of carbonyl (C=O) groups is 1. The Balaban J connectivity index is 1.85. The van der Waals surface area contributed by atoms with Crippen LogP contribution in [-0.2, 0) is 16.1 Å². The molecule has 1 heterocycles. The van der Waals surface area contributed by atoms with Crippen molar-refractivity contribution in [3.05, 3.63) is 51.7 Å². The van der Waals surface area contributed by atoms with Crippen molar-refractivity contribution in [2.45, 2.75) is 20.4 Å². The van der Waals surface area contributed by atoms with E-state index in [0.29, 0.717) is 19.7 Å². The number of carbonyl (C=O) groups excluding carboxylic acids is 1. The first-order valence-corrected chi connectivity index (χ1v) is 9.24. The van der Waals surface area contributed by atoms with Crippen LogP contribution in [0.3, 0.4) is 0 Å². The van der Waals surface area contributed by atoms with Gasteiger partial charge >= 0.3 is 5.97 Å². The van der Waals surface area contributed by atoms with Gasteiger partial charge < -0.3 is 14.8 Å². The lowest BCUT2D eigenvalue weighted by Gasteiger charge is -2.10. The lowest BCUT2D eigenvalue weighted by atomic mass is 10.1. The van der Waals surface area contributed by atoms with Crippen molar-refractivity contribution >= 4 is 29.5 Å². The summed E-state index contributed by atoms with van der Waals surface area (Å²) in [5.41, 5.74) is 2.17. The molecule has 0 atom stereocenters. The van der Waals surface area contributed by atoms with Crippen molar-refractivity contribution in [1.82, 2.24) is 5.32 Å². The van der Waals surface area contributed by atoms with Crippen LogP contribution in [0.15, 0.2) is 35.7 Å². The molecule has 0 aliphatic rings. The molecule has 0 saturated carbocycles. The smallest absolute Gasteiger partial charge is 0.308 e. The molecule has 1 N–H and O–H groups in total. The van der Waals surface area contributed by atoms with Crippen molar-refractivity contribution in [1.29, 1.82) is 0 Å². The topological polar surface area (TPSA) is 47.6 Å². The first-order valence-electron chi connectivity index (χ1n) is 8.36. The monoisotopic (exact) mass is 359 g/mol. The third-order valence-corrected chi connectivity index (χ3v) is 4.43. The van der Waals surface area contributed by atoms with E-state index in [0.717, 1.165) is 16.9 Å². The van der Waals surface area contributed by atoms with Crippen LogP contribution in [0.1, 0.15) is 29.9 Å². The van der Waals surface area contributed by atoms with Crippen LogP contribution in [0.4, 0.5) is 0 Å². The molecule has 2 rings (SSSR count). The van der Waals surface area contributed by atoms with Crippen LogP contribution in [0.5, 0.6) is 5.75 Å². The van der Waals surface area contributed by atoms with Crippen molar-refractivity contribution in [3.8, 4) is 5.75 Å². The maximum atomic E-state index is 11.4.